The number of ketones is 1. The number of para-hydroxylation sites is 1. The molecule has 3 nitrogen and oxygen atoms in total. The van der Waals surface area contributed by atoms with Gasteiger partial charge in [0.2, 0.25) is 0 Å². The first-order valence-electron chi connectivity index (χ1n) is 6.29. The summed E-state index contributed by atoms with van der Waals surface area (Å²) in [5, 5.41) is 9.25. The third-order valence-electron chi connectivity index (χ3n) is 3.29. The number of fused-ring (bicyclic) bond motifs is 1. The van der Waals surface area contributed by atoms with Gasteiger partial charge in [0.15, 0.2) is 5.78 Å². The van der Waals surface area contributed by atoms with Crippen molar-refractivity contribution in [2.75, 3.05) is 0 Å². The molecule has 0 spiro atoms. The highest BCUT2D eigenvalue weighted by atomic mass is 16.5. The van der Waals surface area contributed by atoms with E-state index in [4.69, 9.17) is 4.74 Å². The number of ether oxygens (including phenoxy) is 1. The van der Waals surface area contributed by atoms with Crippen molar-refractivity contribution in [3.63, 3.8) is 0 Å². The molecule has 1 atom stereocenters. The fourth-order valence-corrected chi connectivity index (χ4v) is 2.35. The SMILES string of the molecule is O=C1CC(Cc2ccc(O)cc2)Oc2ccccc21. The maximum absolute atomic E-state index is 12.0. The number of aromatic hydroxyl groups is 1. The highest BCUT2D eigenvalue weighted by molar-refractivity contribution is 5.99. The molecule has 1 heterocycles. The average molecular weight is 254 g/mol. The lowest BCUT2D eigenvalue weighted by molar-refractivity contribution is 0.0851. The lowest BCUT2D eigenvalue weighted by Crippen LogP contribution is -2.28. The molecule has 19 heavy (non-hydrogen) atoms. The van der Waals surface area contributed by atoms with E-state index in [1.54, 1.807) is 18.2 Å². The molecule has 1 N–H and O–H groups in total. The van der Waals surface area contributed by atoms with Crippen LogP contribution in [0.4, 0.5) is 0 Å². The van der Waals surface area contributed by atoms with Gasteiger partial charge < -0.3 is 9.84 Å². The van der Waals surface area contributed by atoms with Crippen molar-refractivity contribution in [2.24, 2.45) is 0 Å². The maximum Gasteiger partial charge on any atom is 0.170 e. The van der Waals surface area contributed by atoms with E-state index in [0.717, 1.165) is 5.56 Å². The van der Waals surface area contributed by atoms with Crippen molar-refractivity contribution < 1.29 is 14.6 Å². The summed E-state index contributed by atoms with van der Waals surface area (Å²) in [5.41, 5.74) is 1.72. The molecule has 1 aliphatic heterocycles. The van der Waals surface area contributed by atoms with Crippen LogP contribution in [0.2, 0.25) is 0 Å². The number of carbonyl (C=O) groups excluding carboxylic acids is 1. The molecule has 0 amide bonds. The summed E-state index contributed by atoms with van der Waals surface area (Å²) >= 11 is 0. The van der Waals surface area contributed by atoms with Crippen molar-refractivity contribution in [3.05, 3.63) is 59.7 Å². The highest BCUT2D eigenvalue weighted by Gasteiger charge is 2.25. The molecule has 1 aliphatic rings. The first-order chi connectivity index (χ1) is 9.22. The van der Waals surface area contributed by atoms with Gasteiger partial charge in [-0.25, -0.2) is 0 Å². The van der Waals surface area contributed by atoms with E-state index in [-0.39, 0.29) is 17.6 Å². The lowest BCUT2D eigenvalue weighted by atomic mass is 9.96. The molecule has 96 valence electrons. The number of Topliss-reactive ketones (excluding diaryl/α,β-unsaturated/α-hetero) is 1. The fourth-order valence-electron chi connectivity index (χ4n) is 2.35. The number of benzene rings is 2. The quantitative estimate of drug-likeness (QED) is 0.896. The highest BCUT2D eigenvalue weighted by Crippen LogP contribution is 2.28. The Morgan fingerprint density at radius 2 is 1.84 bits per heavy atom. The largest absolute Gasteiger partial charge is 0.508 e. The first kappa shape index (κ1) is 11.8. The van der Waals surface area contributed by atoms with E-state index in [1.807, 2.05) is 30.3 Å². The predicted octanol–water partition coefficient (Wildman–Crippen LogP) is 2.97. The van der Waals surface area contributed by atoms with Gasteiger partial charge in [0.25, 0.3) is 0 Å². The Kier molecular flexibility index (Phi) is 2.95. The zero-order chi connectivity index (χ0) is 13.2. The molecule has 0 saturated heterocycles. The normalized spacial score (nSPS) is 17.7. The fraction of sp³-hybridized carbons (Fsp3) is 0.188. The van der Waals surface area contributed by atoms with Crippen LogP contribution in [0.15, 0.2) is 48.5 Å². The molecule has 1 unspecified atom stereocenters. The molecule has 0 fully saturated rings. The van der Waals surface area contributed by atoms with E-state index < -0.39 is 0 Å². The second-order valence-electron chi connectivity index (χ2n) is 4.73. The van der Waals surface area contributed by atoms with E-state index >= 15 is 0 Å². The second kappa shape index (κ2) is 4.76. The van der Waals surface area contributed by atoms with E-state index in [2.05, 4.69) is 0 Å². The van der Waals surface area contributed by atoms with Crippen LogP contribution in [-0.4, -0.2) is 17.0 Å². The Balaban J connectivity index is 1.78. The molecule has 0 radical (unpaired) electrons. The van der Waals surface area contributed by atoms with Crippen molar-refractivity contribution >= 4 is 5.78 Å². The van der Waals surface area contributed by atoms with Crippen LogP contribution in [-0.2, 0) is 6.42 Å². The van der Waals surface area contributed by atoms with Crippen molar-refractivity contribution in [3.8, 4) is 11.5 Å². The first-order valence-corrected chi connectivity index (χ1v) is 6.29. The monoisotopic (exact) mass is 254 g/mol. The summed E-state index contributed by atoms with van der Waals surface area (Å²) in [7, 11) is 0. The van der Waals surface area contributed by atoms with E-state index in [9.17, 15) is 9.90 Å². The lowest BCUT2D eigenvalue weighted by Gasteiger charge is -2.25. The number of phenolic OH excluding ortho intramolecular Hbond substituents is 1. The van der Waals surface area contributed by atoms with Crippen LogP contribution in [0.25, 0.3) is 0 Å². The summed E-state index contributed by atoms with van der Waals surface area (Å²) in [6.45, 7) is 0. The summed E-state index contributed by atoms with van der Waals surface area (Å²) in [6.07, 6.45) is 0.935. The maximum atomic E-state index is 12.0. The number of phenols is 1. The Labute approximate surface area is 111 Å². The minimum absolute atomic E-state index is 0.130. The average Bonchev–Trinajstić information content (AvgIpc) is 2.42. The number of hydrogen-bond donors (Lipinski definition) is 1. The Bertz CT molecular complexity index is 602. The molecule has 3 heteroatoms. The number of rotatable bonds is 2. The molecule has 2 aromatic carbocycles. The topological polar surface area (TPSA) is 46.5 Å². The molecule has 0 aliphatic carbocycles. The summed E-state index contributed by atoms with van der Waals surface area (Å²) in [5.74, 6) is 1.04. The standard InChI is InChI=1S/C16H14O3/c17-12-7-5-11(6-8-12)9-13-10-15(18)14-3-1-2-4-16(14)19-13/h1-8,13,17H,9-10H2. The number of hydrogen-bond acceptors (Lipinski definition) is 3. The summed E-state index contributed by atoms with van der Waals surface area (Å²) in [4.78, 5) is 12.0. The second-order valence-corrected chi connectivity index (χ2v) is 4.73. The van der Waals surface area contributed by atoms with Crippen LogP contribution >= 0.6 is 0 Å². The summed E-state index contributed by atoms with van der Waals surface area (Å²) < 4.78 is 5.85. The predicted molar refractivity (Wildman–Crippen MR) is 71.6 cm³/mol. The Morgan fingerprint density at radius 3 is 2.63 bits per heavy atom. The van der Waals surface area contributed by atoms with Crippen molar-refractivity contribution in [2.45, 2.75) is 18.9 Å². The number of carbonyl (C=O) groups is 1. The van der Waals surface area contributed by atoms with Gasteiger partial charge in [0.1, 0.15) is 17.6 Å². The van der Waals surface area contributed by atoms with Crippen LogP contribution in [0.5, 0.6) is 11.5 Å². The van der Waals surface area contributed by atoms with Crippen LogP contribution < -0.4 is 4.74 Å². The van der Waals surface area contributed by atoms with E-state index in [0.29, 0.717) is 24.2 Å². The third-order valence-corrected chi connectivity index (χ3v) is 3.29. The molecule has 0 aromatic heterocycles. The van der Waals surface area contributed by atoms with Gasteiger partial charge in [-0.15, -0.1) is 0 Å². The van der Waals surface area contributed by atoms with E-state index in [1.165, 1.54) is 0 Å². The molecule has 0 bridgehead atoms. The zero-order valence-corrected chi connectivity index (χ0v) is 10.4. The third kappa shape index (κ3) is 2.45. The smallest absolute Gasteiger partial charge is 0.170 e. The minimum atomic E-state index is -0.132. The zero-order valence-electron chi connectivity index (χ0n) is 10.4. The van der Waals surface area contributed by atoms with Crippen LogP contribution in [0, 0.1) is 0 Å². The van der Waals surface area contributed by atoms with Crippen molar-refractivity contribution in [1.82, 2.24) is 0 Å². The summed E-state index contributed by atoms with van der Waals surface area (Å²) in [6, 6.07) is 14.3. The van der Waals surface area contributed by atoms with Gasteiger partial charge in [0, 0.05) is 12.8 Å². The van der Waals surface area contributed by atoms with Gasteiger partial charge >= 0.3 is 0 Å². The van der Waals surface area contributed by atoms with Gasteiger partial charge in [-0.3, -0.25) is 4.79 Å². The Morgan fingerprint density at radius 1 is 1.11 bits per heavy atom. The van der Waals surface area contributed by atoms with Crippen molar-refractivity contribution in [1.29, 1.82) is 0 Å². The van der Waals surface area contributed by atoms with Crippen LogP contribution in [0.3, 0.4) is 0 Å². The van der Waals surface area contributed by atoms with Gasteiger partial charge in [-0.2, -0.15) is 0 Å². The molecule has 0 saturated carbocycles. The molecular formula is C16H14O3. The van der Waals surface area contributed by atoms with Crippen LogP contribution in [0.1, 0.15) is 22.3 Å². The Hall–Kier alpha value is -2.29. The van der Waals surface area contributed by atoms with Gasteiger partial charge in [-0.1, -0.05) is 24.3 Å². The molecule has 2 aromatic rings. The molecular weight excluding hydrogens is 240 g/mol. The van der Waals surface area contributed by atoms with Gasteiger partial charge in [-0.05, 0) is 29.8 Å². The minimum Gasteiger partial charge on any atom is -0.508 e. The van der Waals surface area contributed by atoms with Gasteiger partial charge in [0.05, 0.1) is 5.56 Å². The molecule has 3 rings (SSSR count).